The van der Waals surface area contributed by atoms with Gasteiger partial charge in [-0.1, -0.05) is 38.1 Å². The maximum atomic E-state index is 13.1. The van der Waals surface area contributed by atoms with Crippen molar-refractivity contribution in [1.29, 1.82) is 0 Å². The summed E-state index contributed by atoms with van der Waals surface area (Å²) in [5.41, 5.74) is 1.35. The van der Waals surface area contributed by atoms with Crippen molar-refractivity contribution in [1.82, 2.24) is 4.90 Å². The van der Waals surface area contributed by atoms with E-state index >= 15 is 0 Å². The van der Waals surface area contributed by atoms with Crippen LogP contribution in [0.3, 0.4) is 0 Å². The smallest absolute Gasteiger partial charge is 0.262 e. The number of hydrogen-bond acceptors (Lipinski definition) is 5. The van der Waals surface area contributed by atoms with Gasteiger partial charge in [-0.2, -0.15) is 0 Å². The molecule has 2 aromatic carbocycles. The third-order valence-corrected chi connectivity index (χ3v) is 5.27. The van der Waals surface area contributed by atoms with Crippen LogP contribution in [0.4, 0.5) is 11.4 Å². The monoisotopic (exact) mass is 439 g/mol. The second-order valence-corrected chi connectivity index (χ2v) is 8.62. The Morgan fingerprint density at radius 2 is 1.66 bits per heavy atom. The molecular formula is C25H33N3O4. The minimum atomic E-state index is -0.259. The third kappa shape index (κ3) is 6.80. The second kappa shape index (κ2) is 11.1. The summed E-state index contributed by atoms with van der Waals surface area (Å²) in [5, 5.41) is 5.80. The normalized spacial score (nSPS) is 19.9. The lowest BCUT2D eigenvalue weighted by Crippen LogP contribution is -2.55. The van der Waals surface area contributed by atoms with Crippen LogP contribution in [0.1, 0.15) is 27.7 Å². The second-order valence-electron chi connectivity index (χ2n) is 8.62. The van der Waals surface area contributed by atoms with Crippen LogP contribution in [-0.4, -0.2) is 54.7 Å². The summed E-state index contributed by atoms with van der Waals surface area (Å²) in [4.78, 5) is 27.5. The summed E-state index contributed by atoms with van der Waals surface area (Å²) in [6, 6.07) is 16.1. The van der Waals surface area contributed by atoms with E-state index < -0.39 is 0 Å². The summed E-state index contributed by atoms with van der Waals surface area (Å²) in [5.74, 6) is 0.357. The number of para-hydroxylation sites is 1. The van der Waals surface area contributed by atoms with E-state index in [0.29, 0.717) is 17.1 Å². The highest BCUT2D eigenvalue weighted by Crippen LogP contribution is 2.22. The van der Waals surface area contributed by atoms with Gasteiger partial charge < -0.3 is 20.1 Å². The molecule has 2 N–H and O–H groups in total. The summed E-state index contributed by atoms with van der Waals surface area (Å²) >= 11 is 0. The molecule has 1 fully saturated rings. The van der Waals surface area contributed by atoms with Crippen LogP contribution < -0.4 is 15.4 Å². The average molecular weight is 440 g/mol. The third-order valence-electron chi connectivity index (χ3n) is 5.27. The van der Waals surface area contributed by atoms with Crippen molar-refractivity contribution in [3.05, 3.63) is 54.6 Å². The van der Waals surface area contributed by atoms with Crippen LogP contribution in [0.15, 0.2) is 54.6 Å². The number of morpholine rings is 1. The Labute approximate surface area is 190 Å². The molecule has 0 saturated carbocycles. The summed E-state index contributed by atoms with van der Waals surface area (Å²) in [7, 11) is 0. The Balaban J connectivity index is 1.59. The Bertz CT molecular complexity index is 893. The summed E-state index contributed by atoms with van der Waals surface area (Å²) in [6.07, 6.45) is 0.179. The molecular weight excluding hydrogens is 406 g/mol. The fourth-order valence-corrected chi connectivity index (χ4v) is 4.08. The van der Waals surface area contributed by atoms with Gasteiger partial charge in [-0.25, -0.2) is 0 Å². The molecule has 2 amide bonds. The predicted molar refractivity (Wildman–Crippen MR) is 126 cm³/mol. The highest BCUT2D eigenvalue weighted by molar-refractivity contribution is 5.95. The number of ether oxygens (including phenoxy) is 2. The molecule has 1 heterocycles. The van der Waals surface area contributed by atoms with Crippen LogP contribution in [0.2, 0.25) is 0 Å². The van der Waals surface area contributed by atoms with Gasteiger partial charge in [0.2, 0.25) is 5.91 Å². The molecule has 1 aliphatic heterocycles. The van der Waals surface area contributed by atoms with Crippen LogP contribution >= 0.6 is 0 Å². The number of benzene rings is 2. The SMILES string of the molecule is CC1CN(C(C(=O)Nc2cccc(OCC(=O)Nc3ccccc3)c2)C(C)C)CC(C)O1. The summed E-state index contributed by atoms with van der Waals surface area (Å²) in [6.45, 7) is 9.50. The predicted octanol–water partition coefficient (Wildman–Crippen LogP) is 3.78. The Morgan fingerprint density at radius 3 is 2.31 bits per heavy atom. The first-order valence-corrected chi connectivity index (χ1v) is 11.1. The maximum absolute atomic E-state index is 13.1. The average Bonchev–Trinajstić information content (AvgIpc) is 2.72. The molecule has 0 radical (unpaired) electrons. The van der Waals surface area contributed by atoms with Gasteiger partial charge in [0.1, 0.15) is 5.75 Å². The minimum absolute atomic E-state index is 0.0553. The molecule has 0 bridgehead atoms. The summed E-state index contributed by atoms with van der Waals surface area (Å²) < 4.78 is 11.4. The lowest BCUT2D eigenvalue weighted by molar-refractivity contribution is -0.130. The maximum Gasteiger partial charge on any atom is 0.262 e. The molecule has 0 aliphatic carbocycles. The zero-order chi connectivity index (χ0) is 23.1. The number of nitrogens with zero attached hydrogens (tertiary/aromatic N) is 1. The molecule has 2 aromatic rings. The number of nitrogens with one attached hydrogen (secondary N) is 2. The van der Waals surface area contributed by atoms with E-state index in [1.165, 1.54) is 0 Å². The van der Waals surface area contributed by atoms with Gasteiger partial charge in [-0.3, -0.25) is 14.5 Å². The van der Waals surface area contributed by atoms with Crippen molar-refractivity contribution in [3.63, 3.8) is 0 Å². The van der Waals surface area contributed by atoms with Crippen LogP contribution in [0, 0.1) is 5.92 Å². The molecule has 32 heavy (non-hydrogen) atoms. The number of amides is 2. The van der Waals surface area contributed by atoms with Gasteiger partial charge in [-0.15, -0.1) is 0 Å². The van der Waals surface area contributed by atoms with Gasteiger partial charge in [0, 0.05) is 30.5 Å². The lowest BCUT2D eigenvalue weighted by atomic mass is 9.99. The van der Waals surface area contributed by atoms with E-state index in [4.69, 9.17) is 9.47 Å². The zero-order valence-corrected chi connectivity index (χ0v) is 19.2. The molecule has 1 aliphatic rings. The van der Waals surface area contributed by atoms with Gasteiger partial charge in [0.25, 0.3) is 5.91 Å². The van der Waals surface area contributed by atoms with Crippen molar-refractivity contribution in [2.75, 3.05) is 30.3 Å². The Morgan fingerprint density at radius 1 is 1.00 bits per heavy atom. The number of carbonyl (C=O) groups excluding carboxylic acids is 2. The van der Waals surface area contributed by atoms with E-state index in [0.717, 1.165) is 13.1 Å². The number of carbonyl (C=O) groups is 2. The van der Waals surface area contributed by atoms with E-state index in [1.54, 1.807) is 18.2 Å². The van der Waals surface area contributed by atoms with E-state index in [1.807, 2.05) is 50.2 Å². The molecule has 7 nitrogen and oxygen atoms in total. The van der Waals surface area contributed by atoms with Crippen LogP contribution in [0.25, 0.3) is 0 Å². The van der Waals surface area contributed by atoms with Crippen LogP contribution in [-0.2, 0) is 14.3 Å². The van der Waals surface area contributed by atoms with Crippen molar-refractivity contribution in [3.8, 4) is 5.75 Å². The first-order chi connectivity index (χ1) is 15.3. The van der Waals surface area contributed by atoms with Gasteiger partial charge in [0.05, 0.1) is 18.2 Å². The van der Waals surface area contributed by atoms with Gasteiger partial charge in [-0.05, 0) is 44.0 Å². The van der Waals surface area contributed by atoms with Crippen molar-refractivity contribution >= 4 is 23.2 Å². The Kier molecular flexibility index (Phi) is 8.25. The first kappa shape index (κ1) is 23.8. The van der Waals surface area contributed by atoms with Crippen molar-refractivity contribution in [2.45, 2.75) is 45.9 Å². The minimum Gasteiger partial charge on any atom is -0.484 e. The largest absolute Gasteiger partial charge is 0.484 e. The molecule has 3 rings (SSSR count). The van der Waals surface area contributed by atoms with E-state index in [-0.39, 0.29) is 42.6 Å². The van der Waals surface area contributed by atoms with Crippen LogP contribution in [0.5, 0.6) is 5.75 Å². The molecule has 0 spiro atoms. The van der Waals surface area contributed by atoms with Gasteiger partial charge in [0.15, 0.2) is 6.61 Å². The topological polar surface area (TPSA) is 79.9 Å². The molecule has 3 atom stereocenters. The molecule has 172 valence electrons. The first-order valence-electron chi connectivity index (χ1n) is 11.1. The highest BCUT2D eigenvalue weighted by atomic mass is 16.5. The fourth-order valence-electron chi connectivity index (χ4n) is 4.08. The van der Waals surface area contributed by atoms with E-state index in [9.17, 15) is 9.59 Å². The number of hydrogen-bond donors (Lipinski definition) is 2. The Hall–Kier alpha value is -2.90. The zero-order valence-electron chi connectivity index (χ0n) is 19.2. The van der Waals surface area contributed by atoms with E-state index in [2.05, 4.69) is 29.4 Å². The molecule has 7 heteroatoms. The van der Waals surface area contributed by atoms with Crippen molar-refractivity contribution in [2.24, 2.45) is 5.92 Å². The lowest BCUT2D eigenvalue weighted by Gasteiger charge is -2.41. The number of rotatable bonds is 8. The molecule has 1 saturated heterocycles. The highest BCUT2D eigenvalue weighted by Gasteiger charge is 2.34. The molecule has 3 unspecified atom stereocenters. The quantitative estimate of drug-likeness (QED) is 0.654. The number of anilines is 2. The fraction of sp³-hybridized carbons (Fsp3) is 0.440. The molecule has 0 aromatic heterocycles. The van der Waals surface area contributed by atoms with Crippen molar-refractivity contribution < 1.29 is 19.1 Å². The van der Waals surface area contributed by atoms with Gasteiger partial charge >= 0.3 is 0 Å². The standard InChI is InChI=1S/C25H33N3O4/c1-17(2)24(28-14-18(3)32-19(4)15-28)25(30)27-21-11-8-12-22(13-21)31-16-23(29)26-20-9-6-5-7-10-20/h5-13,17-19,24H,14-16H2,1-4H3,(H,26,29)(H,27,30).